The number of para-hydroxylation sites is 1. The van der Waals surface area contributed by atoms with E-state index in [1.54, 1.807) is 42.5 Å². The number of anilines is 1. The molecule has 0 saturated carbocycles. The quantitative estimate of drug-likeness (QED) is 0.203. The average molecular weight is 622 g/mol. The molecule has 0 heterocycles. The summed E-state index contributed by atoms with van der Waals surface area (Å²) < 4.78 is 43.7. The van der Waals surface area contributed by atoms with Crippen LogP contribution in [0.3, 0.4) is 0 Å². The Balaban J connectivity index is 1.81. The van der Waals surface area contributed by atoms with Crippen molar-refractivity contribution >= 4 is 39.1 Å². The molecular weight excluding hydrogens is 589 g/mol. The van der Waals surface area contributed by atoms with E-state index in [2.05, 4.69) is 5.32 Å². The molecule has 1 N–H and O–H groups in total. The molecule has 1 unspecified atom stereocenters. The molecule has 0 radical (unpaired) electrons. The number of amides is 2. The molecule has 0 aliphatic rings. The number of carbonyl (C=O) groups excluding carboxylic acids is 2. The number of rotatable bonds is 13. The summed E-state index contributed by atoms with van der Waals surface area (Å²) in [4.78, 5) is 29.2. The zero-order valence-corrected chi connectivity index (χ0v) is 25.3. The predicted octanol–water partition coefficient (Wildman–Crippen LogP) is 5.84. The third-order valence-electron chi connectivity index (χ3n) is 6.85. The highest BCUT2D eigenvalue weighted by molar-refractivity contribution is 7.92. The zero-order valence-electron chi connectivity index (χ0n) is 23.7. The summed E-state index contributed by atoms with van der Waals surface area (Å²) in [6.07, 6.45) is 0.844. The Bertz CT molecular complexity index is 1640. The maximum Gasteiger partial charge on any atom is 0.264 e. The Kier molecular flexibility index (Phi) is 10.9. The van der Waals surface area contributed by atoms with Gasteiger partial charge in [0.15, 0.2) is 0 Å². The van der Waals surface area contributed by atoms with Crippen LogP contribution in [0.1, 0.15) is 24.5 Å². The molecule has 2 amide bonds. The number of nitrogens with one attached hydrogen (secondary N) is 1. The highest BCUT2D eigenvalue weighted by Crippen LogP contribution is 2.27. The first-order chi connectivity index (χ1) is 20.7. The molecule has 7 nitrogen and oxygen atoms in total. The largest absolute Gasteiger partial charge is 0.354 e. The van der Waals surface area contributed by atoms with E-state index in [0.29, 0.717) is 23.6 Å². The molecule has 4 rings (SSSR count). The molecule has 0 fully saturated rings. The second-order valence-electron chi connectivity index (χ2n) is 9.89. The van der Waals surface area contributed by atoms with Crippen LogP contribution in [0.2, 0.25) is 5.02 Å². The SMILES string of the molecule is CCCNC(=O)C(Cc1ccccc1)N(Cc1ccccc1Cl)C(=O)CN(c1ccccc1F)S(=O)(=O)c1ccccc1. The van der Waals surface area contributed by atoms with Crippen molar-refractivity contribution in [1.82, 2.24) is 10.2 Å². The van der Waals surface area contributed by atoms with Crippen LogP contribution >= 0.6 is 11.6 Å². The van der Waals surface area contributed by atoms with Crippen LogP contribution in [0.25, 0.3) is 0 Å². The summed E-state index contributed by atoms with van der Waals surface area (Å²) >= 11 is 6.48. The van der Waals surface area contributed by atoms with Gasteiger partial charge in [0.1, 0.15) is 18.4 Å². The lowest BCUT2D eigenvalue weighted by atomic mass is 10.0. The maximum atomic E-state index is 15.1. The number of nitrogens with zero attached hydrogens (tertiary/aromatic N) is 2. The molecule has 10 heteroatoms. The van der Waals surface area contributed by atoms with Gasteiger partial charge in [-0.3, -0.25) is 13.9 Å². The number of hydrogen-bond acceptors (Lipinski definition) is 4. The number of benzene rings is 4. The second kappa shape index (κ2) is 14.8. The Labute approximate surface area is 257 Å². The molecule has 0 aromatic heterocycles. The van der Waals surface area contributed by atoms with E-state index in [1.165, 1.54) is 35.2 Å². The van der Waals surface area contributed by atoms with Gasteiger partial charge in [-0.25, -0.2) is 12.8 Å². The second-order valence-corrected chi connectivity index (χ2v) is 12.2. The third kappa shape index (κ3) is 8.00. The van der Waals surface area contributed by atoms with Crippen molar-refractivity contribution in [1.29, 1.82) is 0 Å². The molecule has 4 aromatic rings. The van der Waals surface area contributed by atoms with Gasteiger partial charge in [-0.2, -0.15) is 0 Å². The molecule has 0 aliphatic heterocycles. The van der Waals surface area contributed by atoms with E-state index in [1.807, 2.05) is 37.3 Å². The zero-order chi connectivity index (χ0) is 30.8. The van der Waals surface area contributed by atoms with Crippen LogP contribution < -0.4 is 9.62 Å². The van der Waals surface area contributed by atoms with E-state index < -0.39 is 40.2 Å². The van der Waals surface area contributed by atoms with Crippen LogP contribution in [0, 0.1) is 5.82 Å². The van der Waals surface area contributed by atoms with E-state index in [0.717, 1.165) is 15.9 Å². The molecule has 0 saturated heterocycles. The fourth-order valence-electron chi connectivity index (χ4n) is 4.62. The standard InChI is InChI=1S/C33H33ClFN3O4S/c1-2-21-36-33(40)31(22-25-13-5-3-6-14-25)37(23-26-15-9-10-18-28(26)34)32(39)24-38(30-20-12-11-19-29(30)35)43(41,42)27-16-7-4-8-17-27/h3-20,31H,2,21-24H2,1H3,(H,36,40). The summed E-state index contributed by atoms with van der Waals surface area (Å²) in [7, 11) is -4.39. The summed E-state index contributed by atoms with van der Waals surface area (Å²) in [6.45, 7) is 1.48. The normalized spacial score (nSPS) is 11.9. The lowest BCUT2D eigenvalue weighted by molar-refractivity contribution is -0.140. The minimum Gasteiger partial charge on any atom is -0.354 e. The minimum absolute atomic E-state index is 0.0773. The van der Waals surface area contributed by atoms with Gasteiger partial charge in [-0.15, -0.1) is 0 Å². The smallest absolute Gasteiger partial charge is 0.264 e. The van der Waals surface area contributed by atoms with Gasteiger partial charge in [0.05, 0.1) is 10.6 Å². The van der Waals surface area contributed by atoms with E-state index in [9.17, 15) is 18.0 Å². The lowest BCUT2D eigenvalue weighted by Gasteiger charge is -2.34. The Morgan fingerprint density at radius 1 is 0.860 bits per heavy atom. The molecule has 1 atom stereocenters. The minimum atomic E-state index is -4.39. The van der Waals surface area contributed by atoms with Crippen LogP contribution in [-0.4, -0.2) is 44.3 Å². The summed E-state index contributed by atoms with van der Waals surface area (Å²) in [5, 5.41) is 3.27. The highest BCUT2D eigenvalue weighted by Gasteiger charge is 2.35. The Morgan fingerprint density at radius 2 is 1.47 bits per heavy atom. The van der Waals surface area contributed by atoms with Gasteiger partial charge < -0.3 is 10.2 Å². The van der Waals surface area contributed by atoms with Crippen molar-refractivity contribution in [3.05, 3.63) is 131 Å². The van der Waals surface area contributed by atoms with Crippen molar-refractivity contribution in [3.63, 3.8) is 0 Å². The van der Waals surface area contributed by atoms with E-state index in [4.69, 9.17) is 11.6 Å². The molecule has 4 aromatic carbocycles. The first-order valence-electron chi connectivity index (χ1n) is 13.9. The van der Waals surface area contributed by atoms with Crippen LogP contribution in [0.15, 0.2) is 114 Å². The van der Waals surface area contributed by atoms with Crippen molar-refractivity contribution in [2.24, 2.45) is 0 Å². The molecule has 224 valence electrons. The summed E-state index contributed by atoms with van der Waals surface area (Å²) in [6, 6.07) is 28.0. The van der Waals surface area contributed by atoms with Crippen LogP contribution in [-0.2, 0) is 32.6 Å². The number of hydrogen-bond donors (Lipinski definition) is 1. The molecule has 43 heavy (non-hydrogen) atoms. The van der Waals surface area contributed by atoms with Crippen molar-refractivity contribution in [3.8, 4) is 0 Å². The van der Waals surface area contributed by atoms with E-state index >= 15 is 4.39 Å². The number of sulfonamides is 1. The van der Waals surface area contributed by atoms with Gasteiger partial charge >= 0.3 is 0 Å². The van der Waals surface area contributed by atoms with E-state index in [-0.39, 0.29) is 23.5 Å². The first kappa shape index (κ1) is 31.7. The van der Waals surface area contributed by atoms with Crippen molar-refractivity contribution in [2.45, 2.75) is 37.2 Å². The lowest BCUT2D eigenvalue weighted by Crippen LogP contribution is -2.53. The topological polar surface area (TPSA) is 86.8 Å². The Morgan fingerprint density at radius 3 is 2.12 bits per heavy atom. The van der Waals surface area contributed by atoms with Crippen molar-refractivity contribution < 1.29 is 22.4 Å². The molecular formula is C33H33ClFN3O4S. The summed E-state index contributed by atoms with van der Waals surface area (Å²) in [5.41, 5.74) is 1.09. The summed E-state index contributed by atoms with van der Waals surface area (Å²) in [5.74, 6) is -1.90. The van der Waals surface area contributed by atoms with Crippen molar-refractivity contribution in [2.75, 3.05) is 17.4 Å². The molecule has 0 aliphatic carbocycles. The first-order valence-corrected chi connectivity index (χ1v) is 15.7. The Hall–Kier alpha value is -4.21. The van der Waals surface area contributed by atoms with Gasteiger partial charge in [0, 0.05) is 24.5 Å². The van der Waals surface area contributed by atoms with Gasteiger partial charge in [0.25, 0.3) is 10.0 Å². The third-order valence-corrected chi connectivity index (χ3v) is 8.99. The fourth-order valence-corrected chi connectivity index (χ4v) is 6.26. The number of carbonyl (C=O) groups is 2. The molecule has 0 bridgehead atoms. The maximum absolute atomic E-state index is 15.1. The molecule has 0 spiro atoms. The van der Waals surface area contributed by atoms with Gasteiger partial charge in [0.2, 0.25) is 11.8 Å². The number of halogens is 2. The average Bonchev–Trinajstić information content (AvgIpc) is 3.02. The highest BCUT2D eigenvalue weighted by atomic mass is 35.5. The fraction of sp³-hybridized carbons (Fsp3) is 0.212. The van der Waals surface area contributed by atoms with Gasteiger partial charge in [-0.1, -0.05) is 97.4 Å². The monoisotopic (exact) mass is 621 g/mol. The van der Waals surface area contributed by atoms with Crippen LogP contribution in [0.4, 0.5) is 10.1 Å². The predicted molar refractivity (Wildman–Crippen MR) is 167 cm³/mol. The van der Waals surface area contributed by atoms with Crippen LogP contribution in [0.5, 0.6) is 0 Å². The van der Waals surface area contributed by atoms with Gasteiger partial charge in [-0.05, 0) is 47.9 Å².